The van der Waals surface area contributed by atoms with Crippen LogP contribution in [0.3, 0.4) is 0 Å². The third kappa shape index (κ3) is 1.52. The van der Waals surface area contributed by atoms with Crippen molar-refractivity contribution in [2.75, 3.05) is 5.73 Å². The van der Waals surface area contributed by atoms with Crippen molar-refractivity contribution >= 4 is 16.6 Å². The molecule has 16 heavy (non-hydrogen) atoms. The van der Waals surface area contributed by atoms with Crippen LogP contribution in [0.25, 0.3) is 10.9 Å². The SMILES string of the molecule is CCc1nc2cc(F)cc(C)c2c(N)c1C. The fraction of sp³-hybridized carbons (Fsp3) is 0.308. The zero-order valence-electron chi connectivity index (χ0n) is 9.76. The number of hydrogen-bond donors (Lipinski definition) is 1. The van der Waals surface area contributed by atoms with Gasteiger partial charge in [0.15, 0.2) is 0 Å². The van der Waals surface area contributed by atoms with E-state index in [1.54, 1.807) is 0 Å². The van der Waals surface area contributed by atoms with E-state index in [1.807, 2.05) is 20.8 Å². The minimum absolute atomic E-state index is 0.261. The molecule has 0 amide bonds. The number of hydrogen-bond acceptors (Lipinski definition) is 2. The number of rotatable bonds is 1. The van der Waals surface area contributed by atoms with Gasteiger partial charge in [-0.3, -0.25) is 4.98 Å². The number of pyridine rings is 1. The number of benzene rings is 1. The van der Waals surface area contributed by atoms with Crippen molar-refractivity contribution in [2.24, 2.45) is 0 Å². The second kappa shape index (κ2) is 3.74. The second-order valence-corrected chi connectivity index (χ2v) is 4.07. The highest BCUT2D eigenvalue weighted by Gasteiger charge is 2.11. The topological polar surface area (TPSA) is 38.9 Å². The summed E-state index contributed by atoms with van der Waals surface area (Å²) in [6.45, 7) is 5.84. The predicted octanol–water partition coefficient (Wildman–Crippen LogP) is 3.14. The highest BCUT2D eigenvalue weighted by molar-refractivity contribution is 5.94. The summed E-state index contributed by atoms with van der Waals surface area (Å²) in [5, 5.41) is 0.871. The monoisotopic (exact) mass is 218 g/mol. The molecule has 0 fully saturated rings. The molecule has 2 aromatic rings. The van der Waals surface area contributed by atoms with Gasteiger partial charge in [-0.1, -0.05) is 6.92 Å². The first-order valence-corrected chi connectivity index (χ1v) is 5.39. The third-order valence-electron chi connectivity index (χ3n) is 2.98. The predicted molar refractivity (Wildman–Crippen MR) is 65.0 cm³/mol. The summed E-state index contributed by atoms with van der Waals surface area (Å²) in [4.78, 5) is 4.46. The molecular weight excluding hydrogens is 203 g/mol. The number of halogens is 1. The van der Waals surface area contributed by atoms with Crippen molar-refractivity contribution in [1.29, 1.82) is 0 Å². The molecule has 0 aliphatic rings. The lowest BCUT2D eigenvalue weighted by Crippen LogP contribution is -2.01. The molecule has 0 atom stereocenters. The fourth-order valence-electron chi connectivity index (χ4n) is 2.08. The molecule has 0 aliphatic heterocycles. The van der Waals surface area contributed by atoms with Gasteiger partial charge in [-0.05, 0) is 37.5 Å². The lowest BCUT2D eigenvalue weighted by atomic mass is 10.0. The Hall–Kier alpha value is -1.64. The molecule has 0 spiro atoms. The maximum absolute atomic E-state index is 13.3. The zero-order valence-corrected chi connectivity index (χ0v) is 9.76. The van der Waals surface area contributed by atoms with Crippen molar-refractivity contribution in [1.82, 2.24) is 4.98 Å². The molecule has 0 saturated heterocycles. The number of aryl methyl sites for hydroxylation is 2. The van der Waals surface area contributed by atoms with E-state index < -0.39 is 0 Å². The summed E-state index contributed by atoms with van der Waals surface area (Å²) < 4.78 is 13.3. The fourth-order valence-corrected chi connectivity index (χ4v) is 2.08. The molecule has 2 nitrogen and oxygen atoms in total. The molecule has 1 aromatic heterocycles. The maximum Gasteiger partial charge on any atom is 0.125 e. The number of fused-ring (bicyclic) bond motifs is 1. The molecule has 2 rings (SSSR count). The standard InChI is InChI=1S/C13H15FN2/c1-4-10-8(3)13(15)12-7(2)5-9(14)6-11(12)16-10/h5-6H,4H2,1-3H3,(H2,15,16). The van der Waals surface area contributed by atoms with Gasteiger partial charge in [0, 0.05) is 22.8 Å². The highest BCUT2D eigenvalue weighted by Crippen LogP contribution is 2.29. The van der Waals surface area contributed by atoms with Crippen molar-refractivity contribution < 1.29 is 4.39 Å². The summed E-state index contributed by atoms with van der Waals surface area (Å²) in [7, 11) is 0. The van der Waals surface area contributed by atoms with Crippen LogP contribution in [0, 0.1) is 19.7 Å². The molecule has 0 radical (unpaired) electrons. The van der Waals surface area contributed by atoms with Crippen LogP contribution >= 0.6 is 0 Å². The Bertz CT molecular complexity index is 562. The van der Waals surface area contributed by atoms with Gasteiger partial charge in [0.25, 0.3) is 0 Å². The van der Waals surface area contributed by atoms with Gasteiger partial charge < -0.3 is 5.73 Å². The van der Waals surface area contributed by atoms with Crippen molar-refractivity contribution in [2.45, 2.75) is 27.2 Å². The number of anilines is 1. The Morgan fingerprint density at radius 1 is 1.31 bits per heavy atom. The lowest BCUT2D eigenvalue weighted by Gasteiger charge is -2.12. The van der Waals surface area contributed by atoms with Crippen LogP contribution in [0.5, 0.6) is 0 Å². The van der Waals surface area contributed by atoms with Gasteiger partial charge in [0.05, 0.1) is 5.52 Å². The Morgan fingerprint density at radius 3 is 2.62 bits per heavy atom. The number of nitrogens with zero attached hydrogens (tertiary/aromatic N) is 1. The van der Waals surface area contributed by atoms with Gasteiger partial charge in [0.2, 0.25) is 0 Å². The minimum Gasteiger partial charge on any atom is -0.398 e. The van der Waals surface area contributed by atoms with Gasteiger partial charge in [-0.25, -0.2) is 4.39 Å². The third-order valence-corrected chi connectivity index (χ3v) is 2.98. The number of nitrogen functional groups attached to an aromatic ring is 1. The van der Waals surface area contributed by atoms with Crippen LogP contribution in [0.1, 0.15) is 23.7 Å². The first-order valence-electron chi connectivity index (χ1n) is 5.39. The van der Waals surface area contributed by atoms with E-state index >= 15 is 0 Å². The van der Waals surface area contributed by atoms with Gasteiger partial charge in [0.1, 0.15) is 5.82 Å². The van der Waals surface area contributed by atoms with Gasteiger partial charge in [-0.15, -0.1) is 0 Å². The van der Waals surface area contributed by atoms with Crippen LogP contribution in [0.4, 0.5) is 10.1 Å². The van der Waals surface area contributed by atoms with Crippen LogP contribution < -0.4 is 5.73 Å². The maximum atomic E-state index is 13.3. The van der Waals surface area contributed by atoms with Crippen LogP contribution in [0.2, 0.25) is 0 Å². The zero-order chi connectivity index (χ0) is 11.9. The Morgan fingerprint density at radius 2 is 2.00 bits per heavy atom. The highest BCUT2D eigenvalue weighted by atomic mass is 19.1. The molecule has 1 aromatic carbocycles. The van der Waals surface area contributed by atoms with Crippen LogP contribution in [-0.2, 0) is 6.42 Å². The summed E-state index contributed by atoms with van der Waals surface area (Å²) >= 11 is 0. The quantitative estimate of drug-likeness (QED) is 0.798. The van der Waals surface area contributed by atoms with Crippen molar-refractivity contribution in [3.8, 4) is 0 Å². The average Bonchev–Trinajstić information content (AvgIpc) is 2.22. The van der Waals surface area contributed by atoms with E-state index in [-0.39, 0.29) is 5.82 Å². The van der Waals surface area contributed by atoms with E-state index in [1.165, 1.54) is 12.1 Å². The second-order valence-electron chi connectivity index (χ2n) is 4.07. The summed E-state index contributed by atoms with van der Waals surface area (Å²) in [6.07, 6.45) is 0.807. The Kier molecular flexibility index (Phi) is 2.54. The molecule has 0 aliphatic carbocycles. The average molecular weight is 218 g/mol. The van der Waals surface area contributed by atoms with E-state index in [0.717, 1.165) is 34.3 Å². The van der Waals surface area contributed by atoms with E-state index in [0.29, 0.717) is 5.52 Å². The van der Waals surface area contributed by atoms with Gasteiger partial charge >= 0.3 is 0 Å². The van der Waals surface area contributed by atoms with Crippen LogP contribution in [0.15, 0.2) is 12.1 Å². The van der Waals surface area contributed by atoms with Gasteiger partial charge in [-0.2, -0.15) is 0 Å². The van der Waals surface area contributed by atoms with Crippen LogP contribution in [-0.4, -0.2) is 4.98 Å². The molecule has 0 unspecified atom stereocenters. The molecular formula is C13H15FN2. The normalized spacial score (nSPS) is 11.0. The molecule has 0 bridgehead atoms. The van der Waals surface area contributed by atoms with E-state index in [4.69, 9.17) is 5.73 Å². The summed E-state index contributed by atoms with van der Waals surface area (Å²) in [6, 6.07) is 2.93. The molecule has 2 N–H and O–H groups in total. The largest absolute Gasteiger partial charge is 0.398 e. The number of nitrogens with two attached hydrogens (primary N) is 1. The smallest absolute Gasteiger partial charge is 0.125 e. The first-order chi connectivity index (χ1) is 7.54. The molecule has 3 heteroatoms. The molecule has 0 saturated carbocycles. The number of aromatic nitrogens is 1. The Balaban J connectivity index is 2.92. The van der Waals surface area contributed by atoms with Crippen molar-refractivity contribution in [3.63, 3.8) is 0 Å². The van der Waals surface area contributed by atoms with Crippen molar-refractivity contribution in [3.05, 3.63) is 34.8 Å². The molecule has 1 heterocycles. The van der Waals surface area contributed by atoms with E-state index in [2.05, 4.69) is 4.98 Å². The summed E-state index contributed by atoms with van der Waals surface area (Å²) in [5.41, 5.74) is 10.2. The van der Waals surface area contributed by atoms with E-state index in [9.17, 15) is 4.39 Å². The summed E-state index contributed by atoms with van der Waals surface area (Å²) in [5.74, 6) is -0.261. The molecule has 84 valence electrons. The Labute approximate surface area is 94.3 Å². The minimum atomic E-state index is -0.261. The lowest BCUT2D eigenvalue weighted by molar-refractivity contribution is 0.628. The first kappa shape index (κ1) is 10.9.